The van der Waals surface area contributed by atoms with Gasteiger partial charge >= 0.3 is 0 Å². The van der Waals surface area contributed by atoms with Gasteiger partial charge in [-0.15, -0.1) is 0 Å². The number of hydrogen-bond acceptors (Lipinski definition) is 3. The van der Waals surface area contributed by atoms with Crippen molar-refractivity contribution >= 4 is 11.6 Å². The van der Waals surface area contributed by atoms with Crippen LogP contribution in [0.4, 0.5) is 5.69 Å². The summed E-state index contributed by atoms with van der Waals surface area (Å²) in [6.45, 7) is 4.25. The number of carbonyl (C=O) groups is 1. The van der Waals surface area contributed by atoms with Gasteiger partial charge in [0.15, 0.2) is 0 Å². The van der Waals surface area contributed by atoms with Crippen LogP contribution in [-0.4, -0.2) is 10.9 Å². The van der Waals surface area contributed by atoms with E-state index in [0.29, 0.717) is 17.2 Å². The fourth-order valence-electron chi connectivity index (χ4n) is 2.05. The summed E-state index contributed by atoms with van der Waals surface area (Å²) in [4.78, 5) is 16.2. The number of pyridine rings is 1. The number of nitrogens with zero attached hydrogens (tertiary/aromatic N) is 2. The van der Waals surface area contributed by atoms with E-state index < -0.39 is 0 Å². The van der Waals surface area contributed by atoms with E-state index in [1.54, 1.807) is 6.07 Å². The van der Waals surface area contributed by atoms with E-state index in [1.807, 2.05) is 30.3 Å². The summed E-state index contributed by atoms with van der Waals surface area (Å²) in [5.41, 5.74) is 2.68. The minimum atomic E-state index is -0.220. The van der Waals surface area contributed by atoms with Gasteiger partial charge in [-0.1, -0.05) is 32.0 Å². The largest absolute Gasteiger partial charge is 0.322 e. The van der Waals surface area contributed by atoms with E-state index in [1.165, 1.54) is 12.3 Å². The monoisotopic (exact) mass is 279 g/mol. The maximum atomic E-state index is 12.2. The van der Waals surface area contributed by atoms with Crippen LogP contribution < -0.4 is 5.32 Å². The lowest BCUT2D eigenvalue weighted by molar-refractivity contribution is 0.102. The Morgan fingerprint density at radius 3 is 2.71 bits per heavy atom. The molecule has 0 bridgehead atoms. The van der Waals surface area contributed by atoms with E-state index in [-0.39, 0.29) is 5.91 Å². The van der Waals surface area contributed by atoms with Crippen molar-refractivity contribution in [2.45, 2.75) is 26.2 Å². The van der Waals surface area contributed by atoms with Crippen LogP contribution in [0.2, 0.25) is 0 Å². The Kier molecular flexibility index (Phi) is 4.68. The lowest BCUT2D eigenvalue weighted by Crippen LogP contribution is -2.14. The Hall–Kier alpha value is -2.67. The zero-order valence-corrected chi connectivity index (χ0v) is 12.1. The normalized spacial score (nSPS) is 11.5. The molecule has 106 valence electrons. The third-order valence-electron chi connectivity index (χ3n) is 3.49. The van der Waals surface area contributed by atoms with E-state index >= 15 is 0 Å². The van der Waals surface area contributed by atoms with Crippen LogP contribution >= 0.6 is 0 Å². The molecule has 0 saturated heterocycles. The van der Waals surface area contributed by atoms with E-state index in [4.69, 9.17) is 5.26 Å². The van der Waals surface area contributed by atoms with E-state index in [9.17, 15) is 4.79 Å². The van der Waals surface area contributed by atoms with Crippen LogP contribution in [0.1, 0.15) is 47.8 Å². The first-order valence-corrected chi connectivity index (χ1v) is 6.92. The molecule has 0 radical (unpaired) electrons. The molecule has 1 aromatic heterocycles. The number of anilines is 1. The summed E-state index contributed by atoms with van der Waals surface area (Å²) < 4.78 is 0. The smallest absolute Gasteiger partial charge is 0.257 e. The lowest BCUT2D eigenvalue weighted by atomic mass is 9.97. The van der Waals surface area contributed by atoms with Gasteiger partial charge in [0.2, 0.25) is 0 Å². The average molecular weight is 279 g/mol. The molecule has 1 unspecified atom stereocenters. The molecule has 1 heterocycles. The van der Waals surface area contributed by atoms with Crippen molar-refractivity contribution in [1.29, 1.82) is 5.26 Å². The summed E-state index contributed by atoms with van der Waals surface area (Å²) in [7, 11) is 0. The second kappa shape index (κ2) is 6.67. The highest BCUT2D eigenvalue weighted by Crippen LogP contribution is 2.26. The van der Waals surface area contributed by atoms with Gasteiger partial charge < -0.3 is 5.32 Å². The summed E-state index contributed by atoms with van der Waals surface area (Å²) in [5.74, 6) is 0.156. The van der Waals surface area contributed by atoms with E-state index in [2.05, 4.69) is 24.1 Å². The molecule has 0 saturated carbocycles. The molecule has 0 aliphatic carbocycles. The molecular weight excluding hydrogens is 262 g/mol. The zero-order valence-electron chi connectivity index (χ0n) is 12.1. The molecular formula is C17H17N3O. The van der Waals surface area contributed by atoms with Crippen molar-refractivity contribution in [3.8, 4) is 6.07 Å². The van der Waals surface area contributed by atoms with Gasteiger partial charge in [0, 0.05) is 11.9 Å². The second-order valence-electron chi connectivity index (χ2n) is 4.89. The van der Waals surface area contributed by atoms with Crippen molar-refractivity contribution in [2.24, 2.45) is 0 Å². The van der Waals surface area contributed by atoms with Crippen LogP contribution in [0, 0.1) is 11.3 Å². The lowest BCUT2D eigenvalue weighted by Gasteiger charge is -2.15. The Labute approximate surface area is 124 Å². The first kappa shape index (κ1) is 14.7. The van der Waals surface area contributed by atoms with Gasteiger partial charge in [0.1, 0.15) is 11.8 Å². The molecule has 1 atom stereocenters. The fraction of sp³-hybridized carbons (Fsp3) is 0.235. The van der Waals surface area contributed by atoms with Crippen molar-refractivity contribution in [2.75, 3.05) is 5.32 Å². The first-order valence-electron chi connectivity index (χ1n) is 6.92. The van der Waals surface area contributed by atoms with Gasteiger partial charge in [0.05, 0.1) is 5.56 Å². The predicted molar refractivity (Wildman–Crippen MR) is 82.1 cm³/mol. The Bertz CT molecular complexity index is 671. The third kappa shape index (κ3) is 3.46. The molecule has 0 aliphatic heterocycles. The standard InChI is InChI=1S/C17H17N3O/c1-3-12(2)15-6-4-5-7-16(15)20-17(21)13-8-9-14(10-18)19-11-13/h4-9,11-12H,3H2,1-2H3,(H,20,21). The molecule has 4 nitrogen and oxygen atoms in total. The molecule has 1 amide bonds. The minimum Gasteiger partial charge on any atom is -0.322 e. The molecule has 0 spiro atoms. The Balaban J connectivity index is 2.21. The molecule has 4 heteroatoms. The van der Waals surface area contributed by atoms with Crippen LogP contribution in [0.25, 0.3) is 0 Å². The molecule has 1 N–H and O–H groups in total. The second-order valence-corrected chi connectivity index (χ2v) is 4.89. The van der Waals surface area contributed by atoms with Crippen LogP contribution in [0.5, 0.6) is 0 Å². The van der Waals surface area contributed by atoms with Gasteiger partial charge in [-0.3, -0.25) is 4.79 Å². The highest BCUT2D eigenvalue weighted by atomic mass is 16.1. The number of carbonyl (C=O) groups excluding carboxylic acids is 1. The van der Waals surface area contributed by atoms with Gasteiger partial charge in [0.25, 0.3) is 5.91 Å². The number of para-hydroxylation sites is 1. The third-order valence-corrected chi connectivity index (χ3v) is 3.49. The summed E-state index contributed by atoms with van der Waals surface area (Å²) in [6.07, 6.45) is 2.42. The number of benzene rings is 1. The minimum absolute atomic E-state index is 0.220. The quantitative estimate of drug-likeness (QED) is 0.927. The first-order chi connectivity index (χ1) is 10.2. The molecule has 0 aliphatic rings. The average Bonchev–Trinajstić information content (AvgIpc) is 2.54. The highest BCUT2D eigenvalue weighted by molar-refractivity contribution is 6.04. The van der Waals surface area contributed by atoms with Crippen molar-refractivity contribution in [3.63, 3.8) is 0 Å². The molecule has 21 heavy (non-hydrogen) atoms. The molecule has 1 aromatic carbocycles. The summed E-state index contributed by atoms with van der Waals surface area (Å²) in [5, 5.41) is 11.6. The van der Waals surface area contributed by atoms with E-state index in [0.717, 1.165) is 17.7 Å². The zero-order chi connectivity index (χ0) is 15.2. The maximum Gasteiger partial charge on any atom is 0.257 e. The summed E-state index contributed by atoms with van der Waals surface area (Å²) in [6, 6.07) is 12.9. The number of aromatic nitrogens is 1. The Morgan fingerprint density at radius 1 is 1.33 bits per heavy atom. The highest BCUT2D eigenvalue weighted by Gasteiger charge is 2.12. The molecule has 0 fully saturated rings. The topological polar surface area (TPSA) is 65.8 Å². The summed E-state index contributed by atoms with van der Waals surface area (Å²) >= 11 is 0. The van der Waals surface area contributed by atoms with Crippen molar-refractivity contribution in [1.82, 2.24) is 4.98 Å². The van der Waals surface area contributed by atoms with Crippen molar-refractivity contribution in [3.05, 3.63) is 59.4 Å². The van der Waals surface area contributed by atoms with Gasteiger partial charge in [-0.25, -0.2) is 4.98 Å². The Morgan fingerprint density at radius 2 is 2.10 bits per heavy atom. The number of nitriles is 1. The predicted octanol–water partition coefficient (Wildman–Crippen LogP) is 3.72. The maximum absolute atomic E-state index is 12.2. The van der Waals surface area contributed by atoms with Crippen LogP contribution in [0.15, 0.2) is 42.6 Å². The number of amides is 1. The SMILES string of the molecule is CCC(C)c1ccccc1NC(=O)c1ccc(C#N)nc1. The van der Waals surface area contributed by atoms with Crippen LogP contribution in [0.3, 0.4) is 0 Å². The molecule has 2 rings (SSSR count). The molecule has 2 aromatic rings. The number of nitrogens with one attached hydrogen (secondary N) is 1. The van der Waals surface area contributed by atoms with Gasteiger partial charge in [-0.05, 0) is 36.1 Å². The number of rotatable bonds is 4. The fourth-order valence-corrected chi connectivity index (χ4v) is 2.05. The number of hydrogen-bond donors (Lipinski definition) is 1. The van der Waals surface area contributed by atoms with Crippen LogP contribution in [-0.2, 0) is 0 Å². The van der Waals surface area contributed by atoms with Gasteiger partial charge in [-0.2, -0.15) is 5.26 Å². The van der Waals surface area contributed by atoms with Crippen molar-refractivity contribution < 1.29 is 4.79 Å².